The van der Waals surface area contributed by atoms with E-state index in [9.17, 15) is 4.79 Å². The number of carbonyl (C=O) groups is 1. The molecule has 1 amide bonds. The number of hydrogen-bond acceptors (Lipinski definition) is 6. The van der Waals surface area contributed by atoms with Gasteiger partial charge in [-0.05, 0) is 13.0 Å². The van der Waals surface area contributed by atoms with E-state index in [0.29, 0.717) is 25.6 Å². The molecule has 2 fully saturated rings. The first kappa shape index (κ1) is 16.0. The lowest BCUT2D eigenvalue weighted by molar-refractivity contribution is -0.130. The summed E-state index contributed by atoms with van der Waals surface area (Å²) in [5.74, 6) is 1.07. The summed E-state index contributed by atoms with van der Waals surface area (Å²) in [5.41, 5.74) is 0.604. The minimum Gasteiger partial charge on any atom is -0.350 e. The van der Waals surface area contributed by atoms with Gasteiger partial charge in [-0.15, -0.1) is 0 Å². The van der Waals surface area contributed by atoms with Gasteiger partial charge in [0.05, 0.1) is 24.0 Å². The van der Waals surface area contributed by atoms with E-state index in [0.717, 1.165) is 25.3 Å². The number of aryl methyl sites for hydroxylation is 1. The average molecular weight is 341 g/mol. The number of nitrogens with zero attached hydrogens (tertiary/aromatic N) is 5. The summed E-state index contributed by atoms with van der Waals surface area (Å²) in [6.07, 6.45) is 7.09. The molecule has 2 N–H and O–H groups in total. The van der Waals surface area contributed by atoms with E-state index < -0.39 is 5.41 Å². The van der Waals surface area contributed by atoms with Crippen molar-refractivity contribution < 1.29 is 4.79 Å². The zero-order valence-corrected chi connectivity index (χ0v) is 14.4. The minimum absolute atomic E-state index is 0.102. The Hall–Kier alpha value is -2.48. The maximum Gasteiger partial charge on any atom is 0.230 e. The number of fused-ring (bicyclic) bond motifs is 1. The number of anilines is 1. The molecule has 2 aromatic heterocycles. The maximum absolute atomic E-state index is 13.1. The fourth-order valence-corrected chi connectivity index (χ4v) is 3.98. The molecule has 0 radical (unpaired) electrons. The van der Waals surface area contributed by atoms with Crippen LogP contribution in [0.5, 0.6) is 0 Å². The number of hydrogen-bond donors (Lipinski definition) is 2. The van der Waals surface area contributed by atoms with Gasteiger partial charge < -0.3 is 20.1 Å². The van der Waals surface area contributed by atoms with E-state index in [4.69, 9.17) is 0 Å². The predicted octanol–water partition coefficient (Wildman–Crippen LogP) is 0.0352. The second kappa shape index (κ2) is 6.44. The lowest BCUT2D eigenvalue weighted by Crippen LogP contribution is -2.47. The van der Waals surface area contributed by atoms with Crippen LogP contribution in [0.2, 0.25) is 0 Å². The summed E-state index contributed by atoms with van der Waals surface area (Å²) >= 11 is 0. The Kier molecular flexibility index (Phi) is 4.12. The summed E-state index contributed by atoms with van der Waals surface area (Å²) in [4.78, 5) is 28.0. The molecular formula is C17H23N7O. The first-order valence-corrected chi connectivity index (χ1v) is 8.73. The Labute approximate surface area is 146 Å². The third-order valence-electron chi connectivity index (χ3n) is 5.38. The molecule has 4 rings (SSSR count). The third-order valence-corrected chi connectivity index (χ3v) is 5.38. The van der Waals surface area contributed by atoms with Crippen LogP contribution in [0.15, 0.2) is 31.0 Å². The normalized spacial score (nSPS) is 25.2. The molecular weight excluding hydrogens is 318 g/mol. The van der Waals surface area contributed by atoms with Crippen molar-refractivity contribution in [3.05, 3.63) is 36.7 Å². The molecule has 2 aliphatic rings. The second-order valence-electron chi connectivity index (χ2n) is 6.77. The van der Waals surface area contributed by atoms with Crippen molar-refractivity contribution in [3.63, 3.8) is 0 Å². The predicted molar refractivity (Wildman–Crippen MR) is 92.8 cm³/mol. The molecule has 0 saturated carbocycles. The van der Waals surface area contributed by atoms with Crippen molar-refractivity contribution in [2.45, 2.75) is 20.0 Å². The largest absolute Gasteiger partial charge is 0.350 e. The van der Waals surface area contributed by atoms with Gasteiger partial charge in [-0.2, -0.15) is 0 Å². The van der Waals surface area contributed by atoms with Crippen molar-refractivity contribution in [1.29, 1.82) is 0 Å². The molecule has 0 aliphatic carbocycles. The van der Waals surface area contributed by atoms with E-state index in [1.165, 1.54) is 0 Å². The van der Waals surface area contributed by atoms with Gasteiger partial charge in [-0.1, -0.05) is 0 Å². The molecule has 0 spiro atoms. The van der Waals surface area contributed by atoms with E-state index >= 15 is 0 Å². The van der Waals surface area contributed by atoms with Crippen LogP contribution in [0.1, 0.15) is 12.6 Å². The van der Waals surface area contributed by atoms with E-state index in [1.54, 1.807) is 24.8 Å². The van der Waals surface area contributed by atoms with E-state index in [2.05, 4.69) is 37.4 Å². The Morgan fingerprint density at radius 2 is 2.28 bits per heavy atom. The van der Waals surface area contributed by atoms with Gasteiger partial charge in [0.1, 0.15) is 0 Å². The van der Waals surface area contributed by atoms with Gasteiger partial charge in [0, 0.05) is 57.2 Å². The molecule has 2 atom stereocenters. The number of amides is 1. The molecule has 0 unspecified atom stereocenters. The molecule has 0 aromatic carbocycles. The lowest BCUT2D eigenvalue weighted by Gasteiger charge is -2.26. The first-order valence-electron chi connectivity index (χ1n) is 8.73. The van der Waals surface area contributed by atoms with Crippen LogP contribution in [0, 0.1) is 11.3 Å². The van der Waals surface area contributed by atoms with Gasteiger partial charge in [0.15, 0.2) is 0 Å². The zero-order valence-electron chi connectivity index (χ0n) is 14.4. The molecule has 2 aromatic rings. The molecule has 0 bridgehead atoms. The SMILES string of the molecule is CCn1cncc1CNC(=O)[C@@]12CNC[C@@H]1CN(c1ncccn1)C2. The first-order chi connectivity index (χ1) is 12.2. The van der Waals surface area contributed by atoms with Gasteiger partial charge in [-0.3, -0.25) is 4.79 Å². The summed E-state index contributed by atoms with van der Waals surface area (Å²) in [7, 11) is 0. The number of aromatic nitrogens is 4. The van der Waals surface area contributed by atoms with Crippen LogP contribution in [0.25, 0.3) is 0 Å². The standard InChI is InChI=1S/C17H23N7O/c1-2-23-12-19-7-14(23)8-22-15(25)17-10-18-6-13(17)9-24(11-17)16-20-4-3-5-21-16/h3-5,7,12-13,18H,2,6,8-11H2,1H3,(H,22,25)/t13-,17-/m1/s1. The van der Waals surface area contributed by atoms with Crippen LogP contribution in [-0.4, -0.2) is 51.6 Å². The lowest BCUT2D eigenvalue weighted by atomic mass is 9.80. The van der Waals surface area contributed by atoms with Gasteiger partial charge >= 0.3 is 0 Å². The Morgan fingerprint density at radius 3 is 3.08 bits per heavy atom. The topological polar surface area (TPSA) is 88.0 Å². The van der Waals surface area contributed by atoms with E-state index in [-0.39, 0.29) is 11.8 Å². The quantitative estimate of drug-likeness (QED) is 0.798. The number of nitrogens with one attached hydrogen (secondary N) is 2. The molecule has 25 heavy (non-hydrogen) atoms. The average Bonchev–Trinajstić information content (AvgIpc) is 3.34. The smallest absolute Gasteiger partial charge is 0.230 e. The number of imidazole rings is 1. The van der Waals surface area contributed by atoms with Crippen molar-refractivity contribution in [2.24, 2.45) is 11.3 Å². The van der Waals surface area contributed by atoms with Crippen LogP contribution in [0.4, 0.5) is 5.95 Å². The molecule has 132 valence electrons. The Morgan fingerprint density at radius 1 is 1.44 bits per heavy atom. The highest BCUT2D eigenvalue weighted by Gasteiger charge is 2.55. The third kappa shape index (κ3) is 2.76. The van der Waals surface area contributed by atoms with Crippen molar-refractivity contribution in [3.8, 4) is 0 Å². The van der Waals surface area contributed by atoms with Crippen LogP contribution < -0.4 is 15.5 Å². The molecule has 2 aliphatic heterocycles. The summed E-state index contributed by atoms with van der Waals surface area (Å²) in [6, 6.07) is 1.81. The summed E-state index contributed by atoms with van der Waals surface area (Å²) < 4.78 is 2.04. The van der Waals surface area contributed by atoms with Crippen LogP contribution >= 0.6 is 0 Å². The highest BCUT2D eigenvalue weighted by molar-refractivity contribution is 5.85. The van der Waals surface area contributed by atoms with Gasteiger partial charge in [0.25, 0.3) is 0 Å². The summed E-state index contributed by atoms with van der Waals surface area (Å²) in [5, 5.41) is 6.52. The monoisotopic (exact) mass is 341 g/mol. The molecule has 4 heterocycles. The minimum atomic E-state index is -0.420. The Bertz CT molecular complexity index is 746. The maximum atomic E-state index is 13.1. The highest BCUT2D eigenvalue weighted by atomic mass is 16.2. The number of rotatable bonds is 5. The van der Waals surface area contributed by atoms with Crippen molar-refractivity contribution in [1.82, 2.24) is 30.2 Å². The van der Waals surface area contributed by atoms with Gasteiger partial charge in [0.2, 0.25) is 11.9 Å². The van der Waals surface area contributed by atoms with Gasteiger partial charge in [-0.25, -0.2) is 15.0 Å². The fraction of sp³-hybridized carbons (Fsp3) is 0.529. The fourth-order valence-electron chi connectivity index (χ4n) is 3.98. The van der Waals surface area contributed by atoms with Crippen molar-refractivity contribution >= 4 is 11.9 Å². The van der Waals surface area contributed by atoms with Crippen LogP contribution in [-0.2, 0) is 17.9 Å². The Balaban J connectivity index is 1.48. The summed E-state index contributed by atoms with van der Waals surface area (Å²) in [6.45, 7) is 6.41. The molecule has 2 saturated heterocycles. The molecule has 8 heteroatoms. The zero-order chi connectivity index (χ0) is 17.3. The highest BCUT2D eigenvalue weighted by Crippen LogP contribution is 2.40. The van der Waals surface area contributed by atoms with Crippen LogP contribution in [0.3, 0.4) is 0 Å². The van der Waals surface area contributed by atoms with Crippen molar-refractivity contribution in [2.75, 3.05) is 31.1 Å². The van der Waals surface area contributed by atoms with E-state index in [1.807, 2.05) is 10.8 Å². The second-order valence-corrected chi connectivity index (χ2v) is 6.77. The molecule has 8 nitrogen and oxygen atoms in total. The number of carbonyl (C=O) groups excluding carboxylic acids is 1.